The van der Waals surface area contributed by atoms with E-state index < -0.39 is 23.6 Å². The highest BCUT2D eigenvalue weighted by Gasteiger charge is 2.29. The number of nitrogens with zero attached hydrogens (tertiary/aromatic N) is 4. The molecule has 0 radical (unpaired) electrons. The Kier molecular flexibility index (Phi) is 6.56. The van der Waals surface area contributed by atoms with Crippen LogP contribution in [0.1, 0.15) is 48.3 Å². The van der Waals surface area contributed by atoms with Crippen molar-refractivity contribution in [2.45, 2.75) is 45.4 Å². The number of alkyl carbamates (subject to hydrolysis) is 1. The minimum Gasteiger partial charge on any atom is -0.444 e. The summed E-state index contributed by atoms with van der Waals surface area (Å²) in [6.45, 7) is 7.38. The van der Waals surface area contributed by atoms with Crippen LogP contribution < -0.4 is 15.5 Å². The summed E-state index contributed by atoms with van der Waals surface area (Å²) >= 11 is 0. The predicted molar refractivity (Wildman–Crippen MR) is 144 cm³/mol. The Hall–Kier alpha value is -4.34. The summed E-state index contributed by atoms with van der Waals surface area (Å²) in [5.41, 5.74) is 2.68. The van der Waals surface area contributed by atoms with Crippen LogP contribution in [0.25, 0.3) is 0 Å². The van der Waals surface area contributed by atoms with Crippen LogP contribution in [0.4, 0.5) is 22.1 Å². The van der Waals surface area contributed by atoms with Crippen LogP contribution >= 0.6 is 0 Å². The zero-order valence-corrected chi connectivity index (χ0v) is 22.0. The van der Waals surface area contributed by atoms with E-state index in [0.29, 0.717) is 24.5 Å². The lowest BCUT2D eigenvalue weighted by Gasteiger charge is -2.26. The van der Waals surface area contributed by atoms with E-state index in [-0.39, 0.29) is 5.91 Å². The Labute approximate surface area is 221 Å². The van der Waals surface area contributed by atoms with Gasteiger partial charge in [0, 0.05) is 37.5 Å². The quantitative estimate of drug-likeness (QED) is 0.533. The first kappa shape index (κ1) is 25.3. The second kappa shape index (κ2) is 9.85. The van der Waals surface area contributed by atoms with Crippen LogP contribution in [-0.2, 0) is 22.5 Å². The third-order valence-corrected chi connectivity index (χ3v) is 6.57. The van der Waals surface area contributed by atoms with E-state index in [9.17, 15) is 14.4 Å². The maximum Gasteiger partial charge on any atom is 0.408 e. The second-order valence-corrected chi connectivity index (χ2v) is 10.6. The molecule has 0 spiro atoms. The van der Waals surface area contributed by atoms with Crippen molar-refractivity contribution in [2.24, 2.45) is 0 Å². The van der Waals surface area contributed by atoms with Gasteiger partial charge in [-0.15, -0.1) is 0 Å². The number of rotatable bonds is 5. The zero-order chi connectivity index (χ0) is 27.0. The summed E-state index contributed by atoms with van der Waals surface area (Å²) in [7, 11) is 1.82. The predicted octanol–water partition coefficient (Wildman–Crippen LogP) is 3.87. The highest BCUT2D eigenvalue weighted by Crippen LogP contribution is 2.34. The number of ether oxygens (including phenoxy) is 1. The Bertz CT molecular complexity index is 1380. The molecule has 0 fully saturated rings. The fourth-order valence-electron chi connectivity index (χ4n) is 4.75. The topological polar surface area (TPSA) is 109 Å². The van der Waals surface area contributed by atoms with E-state index in [1.165, 1.54) is 0 Å². The van der Waals surface area contributed by atoms with Crippen LogP contribution in [0.2, 0.25) is 0 Å². The van der Waals surface area contributed by atoms with Crippen LogP contribution in [-0.4, -0.2) is 58.3 Å². The Morgan fingerprint density at radius 2 is 1.79 bits per heavy atom. The van der Waals surface area contributed by atoms with Gasteiger partial charge in [0.15, 0.2) is 5.82 Å². The van der Waals surface area contributed by atoms with E-state index in [2.05, 4.69) is 26.7 Å². The van der Waals surface area contributed by atoms with Crippen LogP contribution in [0.5, 0.6) is 0 Å². The molecule has 10 nitrogen and oxygen atoms in total. The van der Waals surface area contributed by atoms with E-state index in [1.54, 1.807) is 49.9 Å². The van der Waals surface area contributed by atoms with Gasteiger partial charge in [0.25, 0.3) is 11.8 Å². The first-order chi connectivity index (χ1) is 18.1. The largest absolute Gasteiger partial charge is 0.444 e. The third-order valence-electron chi connectivity index (χ3n) is 6.57. The van der Waals surface area contributed by atoms with Crippen molar-refractivity contribution in [3.8, 4) is 0 Å². The van der Waals surface area contributed by atoms with E-state index >= 15 is 0 Å². The molecular formula is C28H32N6O4. The summed E-state index contributed by atoms with van der Waals surface area (Å²) in [4.78, 5) is 42.2. The molecule has 198 valence electrons. The van der Waals surface area contributed by atoms with E-state index in [1.807, 2.05) is 36.0 Å². The number of amides is 3. The van der Waals surface area contributed by atoms with Crippen LogP contribution in [0.3, 0.4) is 0 Å². The molecule has 3 heterocycles. The molecule has 1 atom stereocenters. The van der Waals surface area contributed by atoms with Crippen molar-refractivity contribution in [1.29, 1.82) is 0 Å². The molecule has 10 heteroatoms. The fraction of sp³-hybridized carbons (Fsp3) is 0.357. The molecule has 3 aromatic rings. The van der Waals surface area contributed by atoms with Crippen molar-refractivity contribution in [3.05, 3.63) is 71.3 Å². The third kappa shape index (κ3) is 5.20. The number of nitrogens with one attached hydrogen (secondary N) is 2. The molecule has 38 heavy (non-hydrogen) atoms. The van der Waals surface area contributed by atoms with Crippen molar-refractivity contribution >= 4 is 35.2 Å². The molecule has 5 rings (SSSR count). The summed E-state index contributed by atoms with van der Waals surface area (Å²) in [5.74, 6) is 0.844. The number of hydrogen-bond acceptors (Lipinski definition) is 6. The number of carbonyl (C=O) groups is 3. The molecule has 0 saturated heterocycles. The summed E-state index contributed by atoms with van der Waals surface area (Å²) in [6, 6.07) is 15.8. The lowest BCUT2D eigenvalue weighted by molar-refractivity contribution is -0.118. The zero-order valence-electron chi connectivity index (χ0n) is 22.0. The highest BCUT2D eigenvalue weighted by molar-refractivity contribution is 5.98. The summed E-state index contributed by atoms with van der Waals surface area (Å²) < 4.78 is 7.21. The number of fused-ring (bicyclic) bond motifs is 2. The fourth-order valence-corrected chi connectivity index (χ4v) is 4.75. The highest BCUT2D eigenvalue weighted by atomic mass is 16.6. The van der Waals surface area contributed by atoms with Gasteiger partial charge in [-0.2, -0.15) is 5.10 Å². The molecule has 0 unspecified atom stereocenters. The van der Waals surface area contributed by atoms with Crippen LogP contribution in [0, 0.1) is 0 Å². The average molecular weight is 517 g/mol. The lowest BCUT2D eigenvalue weighted by Crippen LogP contribution is -2.40. The molecule has 1 aromatic heterocycles. The lowest BCUT2D eigenvalue weighted by atomic mass is 9.98. The molecule has 0 aliphatic carbocycles. The summed E-state index contributed by atoms with van der Waals surface area (Å²) in [6.07, 6.45) is 0.128. The summed E-state index contributed by atoms with van der Waals surface area (Å²) in [5, 5.41) is 10.1. The first-order valence-corrected chi connectivity index (χ1v) is 12.7. The molecule has 2 aromatic carbocycles. The molecular weight excluding hydrogens is 484 g/mol. The number of carbonyl (C=O) groups excluding carboxylic acids is 3. The van der Waals surface area contributed by atoms with Gasteiger partial charge in [0.05, 0.1) is 6.54 Å². The number of aromatic nitrogens is 2. The van der Waals surface area contributed by atoms with Crippen LogP contribution in [0.15, 0.2) is 54.6 Å². The SMILES string of the molecule is CN1CCc2cc(N3CCn4nc(NC(=O)[C@H](NC(=O)OC(C)(C)C)c5ccccc5)cc43)ccc2C1=O. The van der Waals surface area contributed by atoms with Crippen molar-refractivity contribution < 1.29 is 19.1 Å². The average Bonchev–Trinajstić information content (AvgIpc) is 3.44. The van der Waals surface area contributed by atoms with Crippen molar-refractivity contribution in [1.82, 2.24) is 20.0 Å². The van der Waals surface area contributed by atoms with Gasteiger partial charge in [-0.05, 0) is 56.5 Å². The maximum atomic E-state index is 13.3. The minimum absolute atomic E-state index is 0.0437. The second-order valence-electron chi connectivity index (χ2n) is 10.6. The van der Waals surface area contributed by atoms with Gasteiger partial charge in [0.1, 0.15) is 17.5 Å². The van der Waals surface area contributed by atoms with Gasteiger partial charge in [-0.1, -0.05) is 30.3 Å². The number of hydrogen-bond donors (Lipinski definition) is 2. The number of anilines is 3. The Morgan fingerprint density at radius 1 is 1.03 bits per heavy atom. The molecule has 2 N–H and O–H groups in total. The first-order valence-electron chi connectivity index (χ1n) is 12.7. The normalized spacial score (nSPS) is 15.5. The molecule has 2 aliphatic heterocycles. The van der Waals surface area contributed by atoms with Gasteiger partial charge in [0.2, 0.25) is 0 Å². The monoisotopic (exact) mass is 516 g/mol. The number of benzene rings is 2. The van der Waals surface area contributed by atoms with Gasteiger partial charge < -0.3 is 25.2 Å². The van der Waals surface area contributed by atoms with Gasteiger partial charge >= 0.3 is 6.09 Å². The van der Waals surface area contributed by atoms with Crippen molar-refractivity contribution in [3.63, 3.8) is 0 Å². The Morgan fingerprint density at radius 3 is 2.53 bits per heavy atom. The van der Waals surface area contributed by atoms with Gasteiger partial charge in [-0.25, -0.2) is 9.48 Å². The maximum absolute atomic E-state index is 13.3. The number of likely N-dealkylation sites (N-methyl/N-ethyl adjacent to an activating group) is 1. The molecule has 2 aliphatic rings. The molecule has 0 saturated carbocycles. The molecule has 3 amide bonds. The van der Waals surface area contributed by atoms with E-state index in [4.69, 9.17) is 4.74 Å². The smallest absolute Gasteiger partial charge is 0.408 e. The Balaban J connectivity index is 1.34. The molecule has 0 bridgehead atoms. The van der Waals surface area contributed by atoms with Gasteiger partial charge in [-0.3, -0.25) is 9.59 Å². The van der Waals surface area contributed by atoms with Crippen molar-refractivity contribution in [2.75, 3.05) is 30.4 Å². The standard InChI is InChI=1S/C28H32N6O4/c1-28(2,3)38-27(37)30-24(18-8-6-5-7-9-18)25(35)29-22-17-23-33(14-15-34(23)31-22)20-10-11-21-19(16-20)12-13-32(4)26(21)36/h5-11,16-17,24H,12-15H2,1-4H3,(H,30,37)(H,29,31,35)/t24-/m1/s1. The minimum atomic E-state index is -0.963. The van der Waals surface area contributed by atoms with E-state index in [0.717, 1.165) is 35.6 Å².